The molecule has 1 aromatic heterocycles. The van der Waals surface area contributed by atoms with Gasteiger partial charge in [-0.05, 0) is 48.2 Å². The number of hydrogen-bond acceptors (Lipinski definition) is 5. The van der Waals surface area contributed by atoms with E-state index in [1.165, 1.54) is 22.7 Å². The fourth-order valence-corrected chi connectivity index (χ4v) is 5.88. The summed E-state index contributed by atoms with van der Waals surface area (Å²) >= 11 is 1.18. The molecule has 0 unspecified atom stereocenters. The van der Waals surface area contributed by atoms with E-state index in [1.807, 2.05) is 0 Å². The Morgan fingerprint density at radius 2 is 1.91 bits per heavy atom. The quantitative estimate of drug-likeness (QED) is 0.879. The lowest BCUT2D eigenvalue weighted by Gasteiger charge is -2.28. The third-order valence-electron chi connectivity index (χ3n) is 3.82. The van der Waals surface area contributed by atoms with Crippen LogP contribution >= 0.6 is 11.3 Å². The van der Waals surface area contributed by atoms with Crippen LogP contribution in [-0.2, 0) is 33.0 Å². The molecule has 0 radical (unpaired) electrons. The molecule has 23 heavy (non-hydrogen) atoms. The number of nitrogens with zero attached hydrogens (tertiary/aromatic N) is 1. The largest absolute Gasteiger partial charge is 0.252 e. The van der Waals surface area contributed by atoms with Crippen molar-refractivity contribution in [3.63, 3.8) is 0 Å². The second-order valence-corrected chi connectivity index (χ2v) is 10.2. The molecular weight excluding hydrogens is 356 g/mol. The lowest BCUT2D eigenvalue weighted by molar-refractivity contribution is 0.392. The van der Waals surface area contributed by atoms with Crippen LogP contribution in [0.25, 0.3) is 0 Å². The molecule has 1 N–H and O–H groups in total. The summed E-state index contributed by atoms with van der Waals surface area (Å²) in [4.78, 5) is 0.147. The number of rotatable bonds is 4. The van der Waals surface area contributed by atoms with Gasteiger partial charge in [0.2, 0.25) is 10.0 Å². The van der Waals surface area contributed by atoms with E-state index < -0.39 is 20.0 Å². The molecule has 0 bridgehead atoms. The zero-order chi connectivity index (χ0) is 16.7. The predicted octanol–water partition coefficient (Wildman–Crippen LogP) is 1.40. The monoisotopic (exact) mass is 372 g/mol. The number of nitrogens with one attached hydrogen (secondary N) is 1. The number of thiophene rings is 1. The van der Waals surface area contributed by atoms with Crippen LogP contribution in [0.4, 0.5) is 0 Å². The fraction of sp³-hybridized carbons (Fsp3) is 0.286. The summed E-state index contributed by atoms with van der Waals surface area (Å²) in [6.45, 7) is 0.577. The normalized spacial score (nSPS) is 16.2. The maximum atomic E-state index is 12.6. The zero-order valence-electron chi connectivity index (χ0n) is 12.4. The van der Waals surface area contributed by atoms with Gasteiger partial charge in [-0.15, -0.1) is 11.3 Å². The standard InChI is InChI=1S/C14H16N2O4S3/c1-15-22(17,18)13-5-4-11-6-7-16(10-12(11)9-13)23(19,20)14-3-2-8-21-14/h2-5,8-9,15H,6-7,10H2,1H3. The van der Waals surface area contributed by atoms with E-state index in [1.54, 1.807) is 35.7 Å². The molecule has 124 valence electrons. The van der Waals surface area contributed by atoms with E-state index in [-0.39, 0.29) is 11.4 Å². The van der Waals surface area contributed by atoms with Gasteiger partial charge in [0.05, 0.1) is 4.90 Å². The van der Waals surface area contributed by atoms with Gasteiger partial charge in [-0.3, -0.25) is 0 Å². The third-order valence-corrected chi connectivity index (χ3v) is 8.45. The molecule has 0 spiro atoms. The van der Waals surface area contributed by atoms with E-state index in [9.17, 15) is 16.8 Å². The Labute approximate surface area is 139 Å². The van der Waals surface area contributed by atoms with Crippen molar-refractivity contribution in [1.29, 1.82) is 0 Å². The molecule has 0 saturated carbocycles. The fourth-order valence-electron chi connectivity index (χ4n) is 2.54. The summed E-state index contributed by atoms with van der Waals surface area (Å²) in [6.07, 6.45) is 0.569. The Morgan fingerprint density at radius 3 is 2.57 bits per heavy atom. The van der Waals surface area contributed by atoms with E-state index in [4.69, 9.17) is 0 Å². The lowest BCUT2D eigenvalue weighted by atomic mass is 10.0. The van der Waals surface area contributed by atoms with Crippen molar-refractivity contribution in [2.75, 3.05) is 13.6 Å². The van der Waals surface area contributed by atoms with Crippen LogP contribution in [0, 0.1) is 0 Å². The zero-order valence-corrected chi connectivity index (χ0v) is 14.8. The van der Waals surface area contributed by atoms with Crippen molar-refractivity contribution >= 4 is 31.4 Å². The van der Waals surface area contributed by atoms with Crippen molar-refractivity contribution < 1.29 is 16.8 Å². The second kappa shape index (κ2) is 5.99. The van der Waals surface area contributed by atoms with Gasteiger partial charge in [-0.25, -0.2) is 21.6 Å². The maximum absolute atomic E-state index is 12.6. The van der Waals surface area contributed by atoms with Crippen molar-refractivity contribution in [2.24, 2.45) is 0 Å². The van der Waals surface area contributed by atoms with Gasteiger partial charge in [0.15, 0.2) is 0 Å². The van der Waals surface area contributed by atoms with Gasteiger partial charge < -0.3 is 0 Å². The Hall–Kier alpha value is -1.26. The molecule has 0 fully saturated rings. The maximum Gasteiger partial charge on any atom is 0.252 e. The summed E-state index contributed by atoms with van der Waals surface area (Å²) in [5.74, 6) is 0. The van der Waals surface area contributed by atoms with Crippen molar-refractivity contribution in [2.45, 2.75) is 22.1 Å². The SMILES string of the molecule is CNS(=O)(=O)c1ccc2c(c1)CN(S(=O)(=O)c1cccs1)CC2. The minimum Gasteiger partial charge on any atom is -0.214 e. The molecule has 9 heteroatoms. The molecule has 1 aromatic carbocycles. The van der Waals surface area contributed by atoms with Crippen molar-refractivity contribution in [3.05, 3.63) is 46.8 Å². The van der Waals surface area contributed by atoms with Crippen LogP contribution in [-0.4, -0.2) is 34.7 Å². The first kappa shape index (κ1) is 16.6. The van der Waals surface area contributed by atoms with Crippen LogP contribution < -0.4 is 4.72 Å². The number of hydrogen-bond donors (Lipinski definition) is 1. The Balaban J connectivity index is 1.96. The molecule has 0 saturated heterocycles. The molecule has 3 rings (SSSR count). The smallest absolute Gasteiger partial charge is 0.214 e. The highest BCUT2D eigenvalue weighted by atomic mass is 32.2. The van der Waals surface area contributed by atoms with Crippen LogP contribution in [0.15, 0.2) is 44.8 Å². The van der Waals surface area contributed by atoms with Crippen LogP contribution in [0.5, 0.6) is 0 Å². The number of benzene rings is 1. The molecule has 6 nitrogen and oxygen atoms in total. The average molecular weight is 372 g/mol. The van der Waals surface area contributed by atoms with E-state index >= 15 is 0 Å². The van der Waals surface area contributed by atoms with Crippen molar-refractivity contribution in [3.8, 4) is 0 Å². The molecule has 2 aromatic rings. The molecule has 0 atom stereocenters. The first-order valence-corrected chi connectivity index (χ1v) is 10.7. The van der Waals surface area contributed by atoms with E-state index in [2.05, 4.69) is 4.72 Å². The first-order chi connectivity index (χ1) is 10.8. The Morgan fingerprint density at radius 1 is 1.13 bits per heavy atom. The summed E-state index contributed by atoms with van der Waals surface area (Å²) in [7, 11) is -5.72. The molecule has 0 amide bonds. The van der Waals surface area contributed by atoms with E-state index in [0.29, 0.717) is 17.2 Å². The van der Waals surface area contributed by atoms with Gasteiger partial charge in [-0.1, -0.05) is 12.1 Å². The summed E-state index contributed by atoms with van der Waals surface area (Å²) in [5.41, 5.74) is 1.71. The number of sulfonamides is 2. The highest BCUT2D eigenvalue weighted by Crippen LogP contribution is 2.28. The minimum atomic E-state index is -3.54. The van der Waals surface area contributed by atoms with Crippen LogP contribution in [0.2, 0.25) is 0 Å². The summed E-state index contributed by atoms with van der Waals surface area (Å²) < 4.78 is 53.0. The Bertz CT molecular complexity index is 919. The molecule has 1 aliphatic rings. The second-order valence-electron chi connectivity index (χ2n) is 5.16. The Kier molecular flexibility index (Phi) is 4.32. The first-order valence-electron chi connectivity index (χ1n) is 6.93. The third kappa shape index (κ3) is 3.07. The predicted molar refractivity (Wildman–Crippen MR) is 88.3 cm³/mol. The highest BCUT2D eigenvalue weighted by Gasteiger charge is 2.29. The number of fused-ring (bicyclic) bond motifs is 1. The molecular formula is C14H16N2O4S3. The minimum absolute atomic E-state index is 0.147. The lowest BCUT2D eigenvalue weighted by Crippen LogP contribution is -2.35. The van der Waals surface area contributed by atoms with Gasteiger partial charge in [-0.2, -0.15) is 4.31 Å². The van der Waals surface area contributed by atoms with Gasteiger partial charge in [0.1, 0.15) is 4.21 Å². The van der Waals surface area contributed by atoms with E-state index in [0.717, 1.165) is 11.1 Å². The van der Waals surface area contributed by atoms with Crippen LogP contribution in [0.3, 0.4) is 0 Å². The average Bonchev–Trinajstić information content (AvgIpc) is 3.09. The van der Waals surface area contributed by atoms with Gasteiger partial charge in [0.25, 0.3) is 10.0 Å². The summed E-state index contributed by atoms with van der Waals surface area (Å²) in [5, 5.41) is 1.72. The van der Waals surface area contributed by atoms with Gasteiger partial charge in [0, 0.05) is 13.1 Å². The topological polar surface area (TPSA) is 83.6 Å². The van der Waals surface area contributed by atoms with Gasteiger partial charge >= 0.3 is 0 Å². The summed E-state index contributed by atoms with van der Waals surface area (Å²) in [6, 6.07) is 8.14. The molecule has 1 aliphatic heterocycles. The van der Waals surface area contributed by atoms with Crippen molar-refractivity contribution in [1.82, 2.24) is 9.03 Å². The van der Waals surface area contributed by atoms with Crippen LogP contribution in [0.1, 0.15) is 11.1 Å². The highest BCUT2D eigenvalue weighted by molar-refractivity contribution is 7.91. The molecule has 2 heterocycles. The molecule has 0 aliphatic carbocycles.